The molecule has 3 N–H and O–H groups in total. The summed E-state index contributed by atoms with van der Waals surface area (Å²) in [4.78, 5) is 26.9. The molecule has 0 radical (unpaired) electrons. The van der Waals surface area contributed by atoms with Gasteiger partial charge in [0.05, 0.1) is 24.3 Å². The molecule has 1 amide bonds. The molecule has 9 heteroatoms. The number of nitrogen functional groups attached to an aromatic ring is 1. The largest absolute Gasteiger partial charge is 0.495 e. The first-order chi connectivity index (χ1) is 13.2. The highest BCUT2D eigenvalue weighted by molar-refractivity contribution is 7.99. The Morgan fingerprint density at radius 1 is 1.22 bits per heavy atom. The third-order valence-electron chi connectivity index (χ3n) is 4.22. The Morgan fingerprint density at radius 2 is 2.00 bits per heavy atom. The van der Waals surface area contributed by atoms with Crippen molar-refractivity contribution in [3.8, 4) is 5.75 Å². The van der Waals surface area contributed by atoms with Crippen LogP contribution in [0.4, 0.5) is 17.6 Å². The van der Waals surface area contributed by atoms with Crippen LogP contribution in [0.3, 0.4) is 0 Å². The number of piperidine rings is 1. The first kappa shape index (κ1) is 19.2. The summed E-state index contributed by atoms with van der Waals surface area (Å²) in [7, 11) is 1.60. The number of aromatic nitrogens is 3. The number of hydrogen-bond donors (Lipinski definition) is 2. The van der Waals surface area contributed by atoms with E-state index in [1.165, 1.54) is 18.2 Å². The average Bonchev–Trinajstić information content (AvgIpc) is 2.68. The maximum Gasteiger partial charge on any atom is 0.232 e. The summed E-state index contributed by atoms with van der Waals surface area (Å²) >= 11 is 1.49. The van der Waals surface area contributed by atoms with Gasteiger partial charge in [-0.05, 0) is 31.4 Å². The number of carbonyl (C=O) groups is 1. The van der Waals surface area contributed by atoms with E-state index >= 15 is 0 Å². The van der Waals surface area contributed by atoms with Crippen LogP contribution in [0, 0.1) is 0 Å². The van der Waals surface area contributed by atoms with Crippen LogP contribution in [0.15, 0.2) is 24.3 Å². The maximum atomic E-state index is 12.2. The smallest absolute Gasteiger partial charge is 0.232 e. The summed E-state index contributed by atoms with van der Waals surface area (Å²) in [5.41, 5.74) is 6.55. The number of nitrogens with one attached hydrogen (secondary N) is 1. The molecule has 2 aromatic rings. The Balaban J connectivity index is 1.59. The maximum absolute atomic E-state index is 12.2. The second-order valence-electron chi connectivity index (χ2n) is 6.19. The molecule has 0 atom stereocenters. The Labute approximate surface area is 162 Å². The lowest BCUT2D eigenvalue weighted by Gasteiger charge is -2.26. The van der Waals surface area contributed by atoms with Crippen molar-refractivity contribution in [3.63, 3.8) is 0 Å². The van der Waals surface area contributed by atoms with Gasteiger partial charge < -0.3 is 20.7 Å². The minimum atomic E-state index is 0.139. The molecule has 0 spiro atoms. The van der Waals surface area contributed by atoms with Crippen LogP contribution in [-0.2, 0) is 10.5 Å². The second kappa shape index (κ2) is 9.40. The van der Waals surface area contributed by atoms with Gasteiger partial charge in [-0.1, -0.05) is 12.1 Å². The molecule has 1 saturated heterocycles. The van der Waals surface area contributed by atoms with Crippen molar-refractivity contribution in [2.45, 2.75) is 25.0 Å². The molecule has 1 aromatic carbocycles. The zero-order chi connectivity index (χ0) is 19.1. The number of likely N-dealkylation sites (tertiary alicyclic amines) is 1. The van der Waals surface area contributed by atoms with Gasteiger partial charge in [-0.2, -0.15) is 15.0 Å². The topological polar surface area (TPSA) is 106 Å². The summed E-state index contributed by atoms with van der Waals surface area (Å²) in [6, 6.07) is 7.48. The fourth-order valence-electron chi connectivity index (χ4n) is 2.89. The molecule has 144 valence electrons. The van der Waals surface area contributed by atoms with Gasteiger partial charge in [0.25, 0.3) is 0 Å². The van der Waals surface area contributed by atoms with Crippen molar-refractivity contribution in [2.24, 2.45) is 0 Å². The molecule has 1 aliphatic rings. The number of methoxy groups -OCH3 is 1. The first-order valence-corrected chi connectivity index (χ1v) is 10.1. The van der Waals surface area contributed by atoms with Crippen molar-refractivity contribution in [1.29, 1.82) is 0 Å². The average molecular weight is 388 g/mol. The molecule has 0 aliphatic carbocycles. The SMILES string of the molecule is COc1ccccc1Nc1nc(N)nc(CSCC(=O)N2CCCCC2)n1. The van der Waals surface area contributed by atoms with E-state index in [4.69, 9.17) is 10.5 Å². The van der Waals surface area contributed by atoms with E-state index in [9.17, 15) is 4.79 Å². The molecule has 0 unspecified atom stereocenters. The standard InChI is InChI=1S/C18H24N6O2S/c1-26-14-8-4-3-7-13(14)20-18-22-15(21-17(19)23-18)11-27-12-16(25)24-9-5-2-6-10-24/h3-4,7-8H,2,5-6,9-12H2,1H3,(H3,19,20,21,22,23). The number of thioether (sulfide) groups is 1. The van der Waals surface area contributed by atoms with E-state index < -0.39 is 0 Å². The van der Waals surface area contributed by atoms with Crippen LogP contribution >= 0.6 is 11.8 Å². The minimum absolute atomic E-state index is 0.139. The van der Waals surface area contributed by atoms with Gasteiger partial charge in [0.15, 0.2) is 0 Å². The molecule has 1 aromatic heterocycles. The summed E-state index contributed by atoms with van der Waals surface area (Å²) in [5.74, 6) is 2.80. The zero-order valence-corrected chi connectivity index (χ0v) is 16.2. The van der Waals surface area contributed by atoms with Crippen molar-refractivity contribution >= 4 is 35.3 Å². The molecular formula is C18H24N6O2S. The Kier molecular flexibility index (Phi) is 6.69. The number of nitrogens with two attached hydrogens (primary N) is 1. The molecule has 3 rings (SSSR count). The summed E-state index contributed by atoms with van der Waals surface area (Å²) < 4.78 is 5.32. The van der Waals surface area contributed by atoms with Gasteiger partial charge in [0.1, 0.15) is 11.6 Å². The van der Waals surface area contributed by atoms with E-state index in [0.717, 1.165) is 31.6 Å². The fraction of sp³-hybridized carbons (Fsp3) is 0.444. The number of anilines is 3. The van der Waals surface area contributed by atoms with Crippen LogP contribution in [0.5, 0.6) is 5.75 Å². The number of carbonyl (C=O) groups excluding carboxylic acids is 1. The highest BCUT2D eigenvalue weighted by Crippen LogP contribution is 2.26. The highest BCUT2D eigenvalue weighted by atomic mass is 32.2. The lowest BCUT2D eigenvalue weighted by molar-refractivity contribution is -0.129. The number of rotatable bonds is 7. The van der Waals surface area contributed by atoms with Crippen LogP contribution in [0.1, 0.15) is 25.1 Å². The number of ether oxygens (including phenoxy) is 1. The van der Waals surface area contributed by atoms with Crippen molar-refractivity contribution < 1.29 is 9.53 Å². The predicted molar refractivity (Wildman–Crippen MR) is 107 cm³/mol. The Bertz CT molecular complexity index is 782. The van der Waals surface area contributed by atoms with Crippen molar-refractivity contribution in [1.82, 2.24) is 19.9 Å². The van der Waals surface area contributed by atoms with Crippen LogP contribution in [0.2, 0.25) is 0 Å². The van der Waals surface area contributed by atoms with Gasteiger partial charge in [-0.3, -0.25) is 4.79 Å². The summed E-state index contributed by atoms with van der Waals surface area (Å²) in [5, 5.41) is 3.10. The fourth-order valence-corrected chi connectivity index (χ4v) is 3.66. The van der Waals surface area contributed by atoms with Crippen LogP contribution in [-0.4, -0.2) is 51.7 Å². The number of nitrogens with zero attached hydrogens (tertiary/aromatic N) is 4. The van der Waals surface area contributed by atoms with Gasteiger partial charge in [-0.15, -0.1) is 11.8 Å². The minimum Gasteiger partial charge on any atom is -0.495 e. The number of para-hydroxylation sites is 2. The van der Waals surface area contributed by atoms with E-state index in [-0.39, 0.29) is 11.9 Å². The molecule has 2 heterocycles. The molecule has 1 aliphatic heterocycles. The molecule has 8 nitrogen and oxygen atoms in total. The lowest BCUT2D eigenvalue weighted by Crippen LogP contribution is -2.36. The molecule has 0 bridgehead atoms. The molecular weight excluding hydrogens is 364 g/mol. The number of hydrogen-bond acceptors (Lipinski definition) is 8. The molecule has 0 saturated carbocycles. The summed E-state index contributed by atoms with van der Waals surface area (Å²) in [6.45, 7) is 1.73. The molecule has 27 heavy (non-hydrogen) atoms. The first-order valence-electron chi connectivity index (χ1n) is 8.91. The Morgan fingerprint density at radius 3 is 2.78 bits per heavy atom. The number of benzene rings is 1. The third-order valence-corrected chi connectivity index (χ3v) is 5.13. The van der Waals surface area contributed by atoms with E-state index in [1.54, 1.807) is 7.11 Å². The third kappa shape index (κ3) is 5.46. The van der Waals surface area contributed by atoms with Crippen molar-refractivity contribution in [3.05, 3.63) is 30.1 Å². The van der Waals surface area contributed by atoms with Crippen LogP contribution < -0.4 is 15.8 Å². The quantitative estimate of drug-likeness (QED) is 0.745. The number of amides is 1. The van der Waals surface area contributed by atoms with Gasteiger partial charge in [-0.25, -0.2) is 0 Å². The monoisotopic (exact) mass is 388 g/mol. The van der Waals surface area contributed by atoms with Crippen LogP contribution in [0.25, 0.3) is 0 Å². The molecule has 1 fully saturated rings. The van der Waals surface area contributed by atoms with Gasteiger partial charge in [0, 0.05) is 13.1 Å². The normalized spacial score (nSPS) is 14.0. The Hall–Kier alpha value is -2.55. The van der Waals surface area contributed by atoms with E-state index in [1.807, 2.05) is 29.2 Å². The summed E-state index contributed by atoms with van der Waals surface area (Å²) in [6.07, 6.45) is 3.40. The highest BCUT2D eigenvalue weighted by Gasteiger charge is 2.16. The zero-order valence-electron chi connectivity index (χ0n) is 15.4. The van der Waals surface area contributed by atoms with Gasteiger partial charge in [0.2, 0.25) is 17.8 Å². The van der Waals surface area contributed by atoms with E-state index in [2.05, 4.69) is 20.3 Å². The predicted octanol–water partition coefficient (Wildman–Crippen LogP) is 2.45. The van der Waals surface area contributed by atoms with Crippen molar-refractivity contribution in [2.75, 3.05) is 37.0 Å². The second-order valence-corrected chi connectivity index (χ2v) is 7.18. The lowest BCUT2D eigenvalue weighted by atomic mass is 10.1. The van der Waals surface area contributed by atoms with Gasteiger partial charge >= 0.3 is 0 Å². The van der Waals surface area contributed by atoms with E-state index in [0.29, 0.717) is 29.0 Å².